The average molecular weight is 823 g/mol. The Kier molecular flexibility index (Phi) is 40.2. The van der Waals surface area contributed by atoms with Crippen molar-refractivity contribution in [2.75, 3.05) is 47.5 Å². The third-order valence-corrected chi connectivity index (χ3v) is 10.4. The molecule has 0 radical (unpaired) electrons. The van der Waals surface area contributed by atoms with Crippen LogP contribution in [0.3, 0.4) is 0 Å². The normalized spacial score (nSPS) is 13.6. The number of allylic oxidation sites excluding steroid dienone is 4. The van der Waals surface area contributed by atoms with Gasteiger partial charge in [-0.1, -0.05) is 141 Å². The molecule has 0 heterocycles. The summed E-state index contributed by atoms with van der Waals surface area (Å²) in [6, 6.07) is 0. The van der Waals surface area contributed by atoms with Gasteiger partial charge in [0.2, 0.25) is 0 Å². The lowest BCUT2D eigenvalue weighted by Crippen LogP contribution is -3.00. The lowest BCUT2D eigenvalue weighted by Gasteiger charge is -2.24. The lowest BCUT2D eigenvalue weighted by molar-refractivity contribution is -0.870. The van der Waals surface area contributed by atoms with E-state index in [1.54, 1.807) is 0 Å². The summed E-state index contributed by atoms with van der Waals surface area (Å²) >= 11 is 0. The van der Waals surface area contributed by atoms with Crippen LogP contribution in [0.25, 0.3) is 0 Å². The molecule has 0 aliphatic rings. The first-order valence-electron chi connectivity index (χ1n) is 22.1. The molecule has 0 spiro atoms. The van der Waals surface area contributed by atoms with E-state index in [0.717, 1.165) is 70.6 Å². The van der Waals surface area contributed by atoms with Crippen LogP contribution in [-0.4, -0.2) is 74.9 Å². The number of carbonyl (C=O) groups is 2. The molecule has 9 nitrogen and oxygen atoms in total. The smallest absolute Gasteiger partial charge is 0.472 e. The summed E-state index contributed by atoms with van der Waals surface area (Å²) in [6.07, 6.45) is 39.3. The first-order chi connectivity index (χ1) is 26.0. The van der Waals surface area contributed by atoms with E-state index in [9.17, 15) is 19.0 Å². The van der Waals surface area contributed by atoms with E-state index in [1.165, 1.54) is 89.9 Å². The van der Waals surface area contributed by atoms with E-state index in [0.29, 0.717) is 17.4 Å². The van der Waals surface area contributed by atoms with Gasteiger partial charge < -0.3 is 31.3 Å². The predicted molar refractivity (Wildman–Crippen MR) is 224 cm³/mol. The molecule has 0 aromatic carbocycles. The molecule has 326 valence electrons. The number of hydrogen-bond acceptors (Lipinski definition) is 7. The van der Waals surface area contributed by atoms with Crippen LogP contribution in [0.2, 0.25) is 0 Å². The predicted octanol–water partition coefficient (Wildman–Crippen LogP) is 9.36. The standard InChI is InChI=1S/C44H84NO8P.ClH/c1-6-8-10-12-14-16-18-20-22-24-26-28-30-32-34-36-43(46)50-40-42(41-52-54(48,49)51-39-38-45(3,4)5)53-44(47)37-35-33-31-29-27-25-23-21-19-17-15-13-11-9-7-2;/h20-23,42H,6-19,24-41H2,1-5H3;1H/b22-20-,23-21-;/t42-;/m1./s1. The summed E-state index contributed by atoms with van der Waals surface area (Å²) < 4.78 is 34.3. The molecule has 0 saturated carbocycles. The van der Waals surface area contributed by atoms with Gasteiger partial charge >= 0.3 is 19.8 Å². The molecule has 0 aromatic heterocycles. The molecule has 0 aliphatic heterocycles. The Hall–Kier alpha value is -1.22. The third-order valence-electron chi connectivity index (χ3n) is 9.45. The molecule has 1 unspecified atom stereocenters. The van der Waals surface area contributed by atoms with E-state index in [1.807, 2.05) is 21.1 Å². The minimum Gasteiger partial charge on any atom is -1.00 e. The van der Waals surface area contributed by atoms with Gasteiger partial charge in [0.15, 0.2) is 6.10 Å². The lowest BCUT2D eigenvalue weighted by atomic mass is 10.1. The minimum atomic E-state index is -4.37. The second-order valence-electron chi connectivity index (χ2n) is 16.1. The highest BCUT2D eigenvalue weighted by Gasteiger charge is 2.27. The summed E-state index contributed by atoms with van der Waals surface area (Å²) in [6.45, 7) is 4.40. The van der Waals surface area contributed by atoms with Gasteiger partial charge in [0.25, 0.3) is 0 Å². The number of phosphoric acid groups is 1. The summed E-state index contributed by atoms with van der Waals surface area (Å²) in [5, 5.41) is 0. The van der Waals surface area contributed by atoms with Crippen molar-refractivity contribution < 1.29 is 54.5 Å². The van der Waals surface area contributed by atoms with E-state index in [-0.39, 0.29) is 44.4 Å². The van der Waals surface area contributed by atoms with Crippen LogP contribution >= 0.6 is 7.82 Å². The number of phosphoric ester groups is 1. The van der Waals surface area contributed by atoms with Crippen molar-refractivity contribution in [3.8, 4) is 0 Å². The minimum absolute atomic E-state index is 0. The fourth-order valence-corrected chi connectivity index (χ4v) is 6.69. The number of rotatable bonds is 40. The van der Waals surface area contributed by atoms with Crippen LogP contribution in [0.1, 0.15) is 194 Å². The maximum atomic E-state index is 12.7. The highest BCUT2D eigenvalue weighted by molar-refractivity contribution is 7.47. The van der Waals surface area contributed by atoms with Crippen molar-refractivity contribution in [2.24, 2.45) is 0 Å². The zero-order valence-corrected chi connectivity index (χ0v) is 37.7. The summed E-state index contributed by atoms with van der Waals surface area (Å²) in [4.78, 5) is 35.3. The highest BCUT2D eigenvalue weighted by Crippen LogP contribution is 2.43. The largest absolute Gasteiger partial charge is 1.00 e. The maximum absolute atomic E-state index is 12.7. The van der Waals surface area contributed by atoms with Gasteiger partial charge in [-0.15, -0.1) is 0 Å². The zero-order chi connectivity index (χ0) is 40.0. The van der Waals surface area contributed by atoms with Crippen LogP contribution in [0.15, 0.2) is 24.3 Å². The average Bonchev–Trinajstić information content (AvgIpc) is 3.12. The molecular formula is C44H85ClNO8P. The van der Waals surface area contributed by atoms with Crippen molar-refractivity contribution >= 4 is 19.8 Å². The van der Waals surface area contributed by atoms with Crippen LogP contribution in [0.4, 0.5) is 0 Å². The number of carbonyl (C=O) groups excluding carboxylic acids is 2. The van der Waals surface area contributed by atoms with Crippen molar-refractivity contribution in [1.29, 1.82) is 0 Å². The number of nitrogens with zero attached hydrogens (tertiary/aromatic N) is 1. The van der Waals surface area contributed by atoms with Gasteiger partial charge in [0.05, 0.1) is 27.7 Å². The second-order valence-corrected chi connectivity index (χ2v) is 17.5. The van der Waals surface area contributed by atoms with Crippen molar-refractivity contribution in [1.82, 2.24) is 0 Å². The van der Waals surface area contributed by atoms with Gasteiger partial charge in [-0.2, -0.15) is 0 Å². The Bertz CT molecular complexity index is 987. The van der Waals surface area contributed by atoms with Crippen LogP contribution in [0.5, 0.6) is 0 Å². The van der Waals surface area contributed by atoms with Crippen molar-refractivity contribution in [3.05, 3.63) is 24.3 Å². The number of unbranched alkanes of at least 4 members (excludes halogenated alkanes) is 22. The summed E-state index contributed by atoms with van der Waals surface area (Å²) in [7, 11) is 1.47. The second kappa shape index (κ2) is 39.6. The Morgan fingerprint density at radius 3 is 1.36 bits per heavy atom. The van der Waals surface area contributed by atoms with Gasteiger partial charge in [-0.25, -0.2) is 4.57 Å². The molecule has 55 heavy (non-hydrogen) atoms. The summed E-state index contributed by atoms with van der Waals surface area (Å²) in [5.74, 6) is -0.814. The fourth-order valence-electron chi connectivity index (χ4n) is 5.94. The topological polar surface area (TPSA) is 108 Å². The molecule has 0 aliphatic carbocycles. The number of quaternary nitrogens is 1. The highest BCUT2D eigenvalue weighted by atomic mass is 35.5. The molecule has 1 N–H and O–H groups in total. The molecule has 2 atom stereocenters. The Labute approximate surface area is 344 Å². The Morgan fingerprint density at radius 2 is 0.945 bits per heavy atom. The summed E-state index contributed by atoms with van der Waals surface area (Å²) in [5.41, 5.74) is 0. The van der Waals surface area contributed by atoms with E-state index in [4.69, 9.17) is 18.5 Å². The molecule has 0 bridgehead atoms. The van der Waals surface area contributed by atoms with Crippen molar-refractivity contribution in [3.63, 3.8) is 0 Å². The van der Waals surface area contributed by atoms with E-state index >= 15 is 0 Å². The quantitative estimate of drug-likeness (QED) is 0.0214. The third kappa shape index (κ3) is 43.7. The number of halogens is 1. The number of ether oxygens (including phenoxy) is 2. The molecule has 0 rings (SSSR count). The van der Waals surface area contributed by atoms with Crippen LogP contribution in [0, 0.1) is 0 Å². The van der Waals surface area contributed by atoms with Gasteiger partial charge in [0.1, 0.15) is 19.8 Å². The SMILES string of the molecule is CCCCCCCC/C=C\CCCCCCCC(=O)OC[C@H](COP(=O)(O)OCC[N+](C)(C)C)OC(=O)CCCCCCC/C=C\CCCCCCCC.[Cl-]. The Balaban J connectivity index is 0. The van der Waals surface area contributed by atoms with Gasteiger partial charge in [-0.3, -0.25) is 18.6 Å². The zero-order valence-electron chi connectivity index (χ0n) is 36.1. The van der Waals surface area contributed by atoms with Gasteiger partial charge in [0, 0.05) is 12.8 Å². The molecule has 0 fully saturated rings. The monoisotopic (exact) mass is 822 g/mol. The van der Waals surface area contributed by atoms with E-state index < -0.39 is 26.5 Å². The van der Waals surface area contributed by atoms with E-state index in [2.05, 4.69) is 38.2 Å². The molecule has 0 aromatic rings. The Morgan fingerprint density at radius 1 is 0.564 bits per heavy atom. The van der Waals surface area contributed by atoms with Crippen LogP contribution < -0.4 is 12.4 Å². The number of likely N-dealkylation sites (N-methyl/N-ethyl adjacent to an activating group) is 1. The molecule has 11 heteroatoms. The fraction of sp³-hybridized carbons (Fsp3) is 0.864. The maximum Gasteiger partial charge on any atom is 0.472 e. The molecule has 0 amide bonds. The first-order valence-corrected chi connectivity index (χ1v) is 23.6. The van der Waals surface area contributed by atoms with Crippen LogP contribution in [-0.2, 0) is 32.7 Å². The molecular weight excluding hydrogens is 737 g/mol. The first kappa shape index (κ1) is 55.9. The van der Waals surface area contributed by atoms with Gasteiger partial charge in [-0.05, 0) is 64.2 Å². The number of hydrogen-bond donors (Lipinski definition) is 1. The number of esters is 2. The molecule has 0 saturated heterocycles. The van der Waals surface area contributed by atoms with Crippen molar-refractivity contribution in [2.45, 2.75) is 200 Å².